The minimum absolute atomic E-state index is 0.462. The molecule has 0 unspecified atom stereocenters. The number of benzene rings is 1. The molecule has 3 nitrogen and oxygen atoms in total. The molecule has 0 aliphatic carbocycles. The van der Waals surface area contributed by atoms with E-state index in [1.165, 1.54) is 5.56 Å². The van der Waals surface area contributed by atoms with Gasteiger partial charge in [0.05, 0.1) is 17.6 Å². The molecule has 17 heavy (non-hydrogen) atoms. The lowest BCUT2D eigenvalue weighted by Crippen LogP contribution is -2.08. The zero-order chi connectivity index (χ0) is 12.4. The summed E-state index contributed by atoms with van der Waals surface area (Å²) in [7, 11) is 0. The molecule has 0 aliphatic rings. The summed E-state index contributed by atoms with van der Waals surface area (Å²) in [5.74, 6) is 0.927. The molecule has 0 amide bonds. The zero-order valence-corrected chi connectivity index (χ0v) is 10.5. The van der Waals surface area contributed by atoms with Crippen molar-refractivity contribution in [2.45, 2.75) is 33.4 Å². The molecule has 1 heterocycles. The van der Waals surface area contributed by atoms with Gasteiger partial charge in [0.2, 0.25) is 0 Å². The van der Waals surface area contributed by atoms with Crippen LogP contribution in [0.4, 0.5) is 0 Å². The Balaban J connectivity index is 2.59. The smallest absolute Gasteiger partial charge is 0.123 e. The van der Waals surface area contributed by atoms with E-state index in [9.17, 15) is 0 Å². The van der Waals surface area contributed by atoms with Gasteiger partial charge in [0.1, 0.15) is 5.82 Å². The average Bonchev–Trinajstić information content (AvgIpc) is 2.65. The van der Waals surface area contributed by atoms with Gasteiger partial charge in [0.15, 0.2) is 0 Å². The lowest BCUT2D eigenvalue weighted by molar-refractivity contribution is 0.736. The number of fused-ring (bicyclic) bond motifs is 1. The Morgan fingerprint density at radius 3 is 2.82 bits per heavy atom. The Labute approximate surface area is 102 Å². The van der Waals surface area contributed by atoms with Crippen molar-refractivity contribution < 1.29 is 0 Å². The number of hydrogen-bond donors (Lipinski definition) is 1. The Kier molecular flexibility index (Phi) is 3.29. The van der Waals surface area contributed by atoms with Crippen molar-refractivity contribution in [2.75, 3.05) is 0 Å². The molecule has 2 N–H and O–H groups in total. The Hall–Kier alpha value is -1.61. The fraction of sp³-hybridized carbons (Fsp3) is 0.357. The van der Waals surface area contributed by atoms with Gasteiger partial charge < -0.3 is 10.3 Å². The van der Waals surface area contributed by atoms with Crippen molar-refractivity contribution in [3.8, 4) is 0 Å². The van der Waals surface area contributed by atoms with Gasteiger partial charge in [-0.05, 0) is 31.0 Å². The molecule has 0 fully saturated rings. The SMILES string of the molecule is C=C(C)Cn1c(CN)nc2cc(CC)ccc21. The Morgan fingerprint density at radius 1 is 1.47 bits per heavy atom. The van der Waals surface area contributed by atoms with E-state index in [0.29, 0.717) is 6.54 Å². The second kappa shape index (κ2) is 4.72. The standard InChI is InChI=1S/C14H19N3/c1-4-11-5-6-13-12(7-11)16-14(8-15)17(13)9-10(2)3/h5-7H,2,4,8-9,15H2,1,3H3. The molecule has 0 radical (unpaired) electrons. The van der Waals surface area contributed by atoms with Gasteiger partial charge in [0, 0.05) is 6.54 Å². The van der Waals surface area contributed by atoms with Crippen LogP contribution >= 0.6 is 0 Å². The second-order valence-corrected chi connectivity index (χ2v) is 4.45. The molecule has 2 aromatic rings. The maximum absolute atomic E-state index is 5.75. The molecule has 0 spiro atoms. The van der Waals surface area contributed by atoms with Crippen LogP contribution in [-0.2, 0) is 19.5 Å². The first-order valence-electron chi connectivity index (χ1n) is 5.98. The Bertz CT molecular complexity index is 552. The fourth-order valence-corrected chi connectivity index (χ4v) is 2.05. The third-order valence-corrected chi connectivity index (χ3v) is 2.91. The van der Waals surface area contributed by atoms with Crippen molar-refractivity contribution in [3.63, 3.8) is 0 Å². The van der Waals surface area contributed by atoms with Gasteiger partial charge in [-0.25, -0.2) is 4.98 Å². The van der Waals surface area contributed by atoms with Gasteiger partial charge in [-0.3, -0.25) is 0 Å². The Morgan fingerprint density at radius 2 is 2.24 bits per heavy atom. The van der Waals surface area contributed by atoms with Crippen LogP contribution in [0.2, 0.25) is 0 Å². The maximum atomic E-state index is 5.75. The minimum Gasteiger partial charge on any atom is -0.324 e. The summed E-state index contributed by atoms with van der Waals surface area (Å²) in [5.41, 5.74) is 10.3. The van der Waals surface area contributed by atoms with Crippen LogP contribution in [0.3, 0.4) is 0 Å². The summed E-state index contributed by atoms with van der Waals surface area (Å²) < 4.78 is 2.15. The average molecular weight is 229 g/mol. The number of rotatable bonds is 4. The van der Waals surface area contributed by atoms with Crippen molar-refractivity contribution >= 4 is 11.0 Å². The van der Waals surface area contributed by atoms with Gasteiger partial charge in [-0.1, -0.05) is 25.1 Å². The lowest BCUT2D eigenvalue weighted by atomic mass is 10.1. The van der Waals surface area contributed by atoms with Gasteiger partial charge in [-0.15, -0.1) is 0 Å². The highest BCUT2D eigenvalue weighted by molar-refractivity contribution is 5.77. The van der Waals surface area contributed by atoms with Crippen LogP contribution in [0.25, 0.3) is 11.0 Å². The van der Waals surface area contributed by atoms with E-state index in [1.54, 1.807) is 0 Å². The fourth-order valence-electron chi connectivity index (χ4n) is 2.05. The molecule has 0 aliphatic heterocycles. The predicted molar refractivity (Wildman–Crippen MR) is 71.8 cm³/mol. The summed E-state index contributed by atoms with van der Waals surface area (Å²) in [4.78, 5) is 4.59. The normalized spacial score (nSPS) is 11.0. The monoisotopic (exact) mass is 229 g/mol. The molecular formula is C14H19N3. The van der Waals surface area contributed by atoms with Crippen LogP contribution < -0.4 is 5.73 Å². The quantitative estimate of drug-likeness (QED) is 0.819. The zero-order valence-electron chi connectivity index (χ0n) is 10.5. The number of imidazole rings is 1. The number of hydrogen-bond acceptors (Lipinski definition) is 2. The van der Waals surface area contributed by atoms with Crippen molar-refractivity contribution in [3.05, 3.63) is 41.7 Å². The molecule has 0 atom stereocenters. The third-order valence-electron chi connectivity index (χ3n) is 2.91. The van der Waals surface area contributed by atoms with Gasteiger partial charge >= 0.3 is 0 Å². The largest absolute Gasteiger partial charge is 0.324 e. The first kappa shape index (κ1) is 11.9. The predicted octanol–water partition coefficient (Wildman–Crippen LogP) is 2.63. The van der Waals surface area contributed by atoms with E-state index >= 15 is 0 Å². The summed E-state index contributed by atoms with van der Waals surface area (Å²) >= 11 is 0. The van der Waals surface area contributed by atoms with Crippen molar-refractivity contribution in [1.29, 1.82) is 0 Å². The number of nitrogens with zero attached hydrogens (tertiary/aromatic N) is 2. The van der Waals surface area contributed by atoms with Crippen molar-refractivity contribution in [2.24, 2.45) is 5.73 Å². The van der Waals surface area contributed by atoms with E-state index in [1.807, 2.05) is 6.92 Å². The van der Waals surface area contributed by atoms with Crippen LogP contribution in [-0.4, -0.2) is 9.55 Å². The molecular weight excluding hydrogens is 210 g/mol. The van der Waals surface area contributed by atoms with E-state index < -0.39 is 0 Å². The summed E-state index contributed by atoms with van der Waals surface area (Å²) in [6, 6.07) is 6.42. The van der Waals surface area contributed by atoms with E-state index in [2.05, 4.69) is 41.3 Å². The first-order chi connectivity index (χ1) is 8.15. The highest BCUT2D eigenvalue weighted by atomic mass is 15.1. The minimum atomic E-state index is 0.462. The first-order valence-corrected chi connectivity index (χ1v) is 5.98. The van der Waals surface area contributed by atoms with E-state index in [0.717, 1.165) is 35.4 Å². The highest BCUT2D eigenvalue weighted by Gasteiger charge is 2.09. The summed E-state index contributed by atoms with van der Waals surface area (Å²) in [6.45, 7) is 9.37. The van der Waals surface area contributed by atoms with Crippen LogP contribution in [0.1, 0.15) is 25.2 Å². The summed E-state index contributed by atoms with van der Waals surface area (Å²) in [6.07, 6.45) is 1.03. The van der Waals surface area contributed by atoms with E-state index in [4.69, 9.17) is 5.73 Å². The van der Waals surface area contributed by atoms with Crippen LogP contribution in [0.5, 0.6) is 0 Å². The molecule has 0 saturated heterocycles. The summed E-state index contributed by atoms with van der Waals surface area (Å²) in [5, 5.41) is 0. The topological polar surface area (TPSA) is 43.8 Å². The molecule has 1 aromatic carbocycles. The van der Waals surface area contributed by atoms with Gasteiger partial charge in [0.25, 0.3) is 0 Å². The third kappa shape index (κ3) is 2.24. The molecule has 0 saturated carbocycles. The number of nitrogens with two attached hydrogens (primary N) is 1. The highest BCUT2D eigenvalue weighted by Crippen LogP contribution is 2.19. The molecule has 1 aromatic heterocycles. The van der Waals surface area contributed by atoms with Crippen LogP contribution in [0, 0.1) is 0 Å². The van der Waals surface area contributed by atoms with Crippen molar-refractivity contribution in [1.82, 2.24) is 9.55 Å². The molecule has 0 bridgehead atoms. The lowest BCUT2D eigenvalue weighted by Gasteiger charge is -2.07. The number of aromatic nitrogens is 2. The molecule has 90 valence electrons. The number of aryl methyl sites for hydroxylation is 1. The maximum Gasteiger partial charge on any atom is 0.123 e. The molecule has 3 heteroatoms. The second-order valence-electron chi connectivity index (χ2n) is 4.45. The number of allylic oxidation sites excluding steroid dienone is 1. The van der Waals surface area contributed by atoms with E-state index in [-0.39, 0.29) is 0 Å². The van der Waals surface area contributed by atoms with Crippen LogP contribution in [0.15, 0.2) is 30.4 Å². The molecule has 2 rings (SSSR count). The van der Waals surface area contributed by atoms with Gasteiger partial charge in [-0.2, -0.15) is 0 Å².